The van der Waals surface area contributed by atoms with Crippen molar-refractivity contribution in [1.82, 2.24) is 24.4 Å². The molecule has 3 aromatic heterocycles. The molecular formula is C18H16FN5O. The Labute approximate surface area is 142 Å². The largest absolute Gasteiger partial charge is 0.293 e. The fourth-order valence-electron chi connectivity index (χ4n) is 3.06. The van der Waals surface area contributed by atoms with Gasteiger partial charge in [0.25, 0.3) is 0 Å². The van der Waals surface area contributed by atoms with Crippen LogP contribution in [0, 0.1) is 5.82 Å². The van der Waals surface area contributed by atoms with Gasteiger partial charge in [0.05, 0.1) is 23.6 Å². The van der Waals surface area contributed by atoms with Gasteiger partial charge in [-0.1, -0.05) is 6.92 Å². The van der Waals surface area contributed by atoms with Gasteiger partial charge in [-0.15, -0.1) is 0 Å². The van der Waals surface area contributed by atoms with Gasteiger partial charge in [-0.2, -0.15) is 10.2 Å². The number of rotatable bonds is 3. The molecule has 0 saturated carbocycles. The van der Waals surface area contributed by atoms with Crippen molar-refractivity contribution in [2.24, 2.45) is 7.05 Å². The number of hydrogen-bond donors (Lipinski definition) is 0. The van der Waals surface area contributed by atoms with Crippen LogP contribution < -0.4 is 0 Å². The number of aryl methyl sites for hydroxylation is 1. The normalized spacial score (nSPS) is 12.8. The van der Waals surface area contributed by atoms with Gasteiger partial charge in [0.2, 0.25) is 0 Å². The van der Waals surface area contributed by atoms with E-state index < -0.39 is 0 Å². The second-order valence-electron chi connectivity index (χ2n) is 6.15. The topological polar surface area (TPSA) is 65.1 Å². The maximum absolute atomic E-state index is 14.7. The number of benzene rings is 1. The molecule has 1 atom stereocenters. The van der Waals surface area contributed by atoms with Crippen LogP contribution in [0.5, 0.6) is 0 Å². The van der Waals surface area contributed by atoms with Crippen LogP contribution in [0.1, 0.15) is 41.5 Å². The Balaban J connectivity index is 1.87. The van der Waals surface area contributed by atoms with Crippen molar-refractivity contribution in [2.45, 2.75) is 19.8 Å². The van der Waals surface area contributed by atoms with Crippen molar-refractivity contribution >= 4 is 22.3 Å². The zero-order chi connectivity index (χ0) is 17.7. The van der Waals surface area contributed by atoms with Gasteiger partial charge in [-0.3, -0.25) is 9.48 Å². The zero-order valence-electron chi connectivity index (χ0n) is 14.1. The average molecular weight is 337 g/mol. The summed E-state index contributed by atoms with van der Waals surface area (Å²) in [6.45, 7) is 3.36. The average Bonchev–Trinajstić information content (AvgIpc) is 3.17. The van der Waals surface area contributed by atoms with E-state index in [1.54, 1.807) is 46.8 Å². The van der Waals surface area contributed by atoms with Crippen LogP contribution in [-0.4, -0.2) is 30.2 Å². The van der Waals surface area contributed by atoms with Crippen molar-refractivity contribution in [1.29, 1.82) is 0 Å². The molecule has 6 nitrogen and oxygen atoms in total. The Morgan fingerprint density at radius 2 is 2.04 bits per heavy atom. The van der Waals surface area contributed by atoms with Crippen molar-refractivity contribution < 1.29 is 9.18 Å². The number of ketones is 1. The van der Waals surface area contributed by atoms with Crippen molar-refractivity contribution in [3.8, 4) is 0 Å². The number of carbonyl (C=O) groups is 1. The monoisotopic (exact) mass is 337 g/mol. The summed E-state index contributed by atoms with van der Waals surface area (Å²) in [6, 6.07) is 6.67. The number of imidazole rings is 1. The van der Waals surface area contributed by atoms with Gasteiger partial charge in [-0.05, 0) is 23.8 Å². The first-order valence-corrected chi connectivity index (χ1v) is 7.92. The Hall–Kier alpha value is -3.09. The molecule has 7 heteroatoms. The van der Waals surface area contributed by atoms with E-state index in [2.05, 4.69) is 15.2 Å². The third-order valence-electron chi connectivity index (χ3n) is 4.52. The molecule has 4 rings (SSSR count). The maximum Gasteiger partial charge on any atom is 0.179 e. The zero-order valence-corrected chi connectivity index (χ0v) is 14.1. The van der Waals surface area contributed by atoms with Gasteiger partial charge in [0.1, 0.15) is 11.5 Å². The summed E-state index contributed by atoms with van der Waals surface area (Å²) in [4.78, 5) is 15.9. The lowest BCUT2D eigenvalue weighted by atomic mass is 9.96. The van der Waals surface area contributed by atoms with E-state index in [4.69, 9.17) is 0 Å². The molecule has 126 valence electrons. The first-order valence-electron chi connectivity index (χ1n) is 7.92. The SMILES string of the molecule is CC(=O)c1ccc2ncc(C(C)c3cc4cnn(C)c4cc3F)n2n1. The first-order chi connectivity index (χ1) is 12.0. The van der Waals surface area contributed by atoms with E-state index in [1.807, 2.05) is 6.92 Å². The molecule has 1 aromatic carbocycles. The summed E-state index contributed by atoms with van der Waals surface area (Å²) in [5.74, 6) is -0.715. The molecule has 4 aromatic rings. The highest BCUT2D eigenvalue weighted by atomic mass is 19.1. The molecule has 0 saturated heterocycles. The predicted octanol–water partition coefficient (Wildman–Crippen LogP) is 3.11. The van der Waals surface area contributed by atoms with Gasteiger partial charge in [0, 0.05) is 31.3 Å². The molecule has 0 aliphatic carbocycles. The molecule has 0 aliphatic heterocycles. The molecule has 0 fully saturated rings. The minimum atomic E-state index is -0.304. The van der Waals surface area contributed by atoms with E-state index in [1.165, 1.54) is 13.0 Å². The number of halogens is 1. The fourth-order valence-corrected chi connectivity index (χ4v) is 3.06. The Bertz CT molecular complexity index is 1130. The van der Waals surface area contributed by atoms with Crippen molar-refractivity contribution in [2.75, 3.05) is 0 Å². The van der Waals surface area contributed by atoms with Crippen molar-refractivity contribution in [3.05, 3.63) is 59.4 Å². The molecule has 25 heavy (non-hydrogen) atoms. The number of fused-ring (bicyclic) bond motifs is 2. The lowest BCUT2D eigenvalue weighted by molar-refractivity contribution is 0.101. The molecule has 1 unspecified atom stereocenters. The van der Waals surface area contributed by atoms with Gasteiger partial charge < -0.3 is 0 Å². The van der Waals surface area contributed by atoms with Gasteiger partial charge >= 0.3 is 0 Å². The van der Waals surface area contributed by atoms with Gasteiger partial charge in [0.15, 0.2) is 11.4 Å². The summed E-state index contributed by atoms with van der Waals surface area (Å²) in [5.41, 5.74) is 2.97. The molecule has 0 bridgehead atoms. The third kappa shape index (κ3) is 2.39. The quantitative estimate of drug-likeness (QED) is 0.539. The van der Waals surface area contributed by atoms with Crippen LogP contribution in [0.25, 0.3) is 16.6 Å². The Kier molecular flexibility index (Phi) is 3.38. The molecule has 0 aliphatic rings. The molecule has 3 heterocycles. The molecule has 0 N–H and O–H groups in total. The summed E-state index contributed by atoms with van der Waals surface area (Å²) in [5, 5.41) is 9.38. The van der Waals surface area contributed by atoms with Crippen LogP contribution in [0.3, 0.4) is 0 Å². The highest BCUT2D eigenvalue weighted by Crippen LogP contribution is 2.29. The Morgan fingerprint density at radius 3 is 2.80 bits per heavy atom. The standard InChI is InChI=1S/C18H16FN5O/c1-10(13-6-12-8-21-23(3)16(12)7-14(13)19)17-9-20-18-5-4-15(11(2)25)22-24(17)18/h4-10H,1-3H3. The van der Waals surface area contributed by atoms with Crippen LogP contribution >= 0.6 is 0 Å². The van der Waals surface area contributed by atoms with Crippen molar-refractivity contribution in [3.63, 3.8) is 0 Å². The summed E-state index contributed by atoms with van der Waals surface area (Å²) in [7, 11) is 1.78. The van der Waals surface area contributed by atoms with Crippen LogP contribution in [-0.2, 0) is 7.05 Å². The second-order valence-corrected chi connectivity index (χ2v) is 6.15. The number of nitrogens with zero attached hydrogens (tertiary/aromatic N) is 5. The van der Waals surface area contributed by atoms with E-state index >= 15 is 0 Å². The summed E-state index contributed by atoms with van der Waals surface area (Å²) in [6.07, 6.45) is 3.38. The fraction of sp³-hybridized carbons (Fsp3) is 0.222. The maximum atomic E-state index is 14.7. The smallest absolute Gasteiger partial charge is 0.179 e. The number of Topliss-reactive ketones (excluding diaryl/α,β-unsaturated/α-hetero) is 1. The first kappa shape index (κ1) is 15.4. The van der Waals surface area contributed by atoms with E-state index in [0.717, 1.165) is 16.6 Å². The molecule has 0 radical (unpaired) electrons. The summed E-state index contributed by atoms with van der Waals surface area (Å²) < 4.78 is 17.9. The Morgan fingerprint density at radius 1 is 1.24 bits per heavy atom. The lowest BCUT2D eigenvalue weighted by Gasteiger charge is -2.13. The van der Waals surface area contributed by atoms with E-state index in [9.17, 15) is 9.18 Å². The van der Waals surface area contributed by atoms with Gasteiger partial charge in [-0.25, -0.2) is 13.9 Å². The van der Waals surface area contributed by atoms with Crippen LogP contribution in [0.2, 0.25) is 0 Å². The molecule has 0 amide bonds. The molecular weight excluding hydrogens is 321 g/mol. The minimum Gasteiger partial charge on any atom is -0.293 e. The van der Waals surface area contributed by atoms with Crippen LogP contribution in [0.4, 0.5) is 4.39 Å². The lowest BCUT2D eigenvalue weighted by Crippen LogP contribution is -2.08. The number of hydrogen-bond acceptors (Lipinski definition) is 4. The highest BCUT2D eigenvalue weighted by molar-refractivity contribution is 5.92. The van der Waals surface area contributed by atoms with E-state index in [0.29, 0.717) is 16.9 Å². The predicted molar refractivity (Wildman–Crippen MR) is 91.2 cm³/mol. The van der Waals surface area contributed by atoms with Crippen LogP contribution in [0.15, 0.2) is 36.7 Å². The highest BCUT2D eigenvalue weighted by Gasteiger charge is 2.20. The molecule has 0 spiro atoms. The minimum absolute atomic E-state index is 0.128. The third-order valence-corrected chi connectivity index (χ3v) is 4.52. The van der Waals surface area contributed by atoms with E-state index in [-0.39, 0.29) is 17.5 Å². The number of aromatic nitrogens is 5. The summed E-state index contributed by atoms with van der Waals surface area (Å²) >= 11 is 0. The number of carbonyl (C=O) groups excluding carboxylic acids is 1. The second kappa shape index (κ2) is 5.47.